The van der Waals surface area contributed by atoms with E-state index < -0.39 is 15.6 Å². The molecule has 0 spiro atoms. The molecule has 2 aromatic carbocycles. The fraction of sp³-hybridized carbons (Fsp3) is 0.227. The summed E-state index contributed by atoms with van der Waals surface area (Å²) in [6, 6.07) is 14.7. The third kappa shape index (κ3) is 6.04. The first kappa shape index (κ1) is 23.7. The van der Waals surface area contributed by atoms with E-state index in [-0.39, 0.29) is 16.8 Å². The Balaban J connectivity index is 1.69. The van der Waals surface area contributed by atoms with E-state index in [4.69, 9.17) is 4.74 Å². The molecule has 0 radical (unpaired) electrons. The molecule has 0 fully saturated rings. The Kier molecular flexibility index (Phi) is 6.85. The first-order valence-corrected chi connectivity index (χ1v) is 11.9. The van der Waals surface area contributed by atoms with E-state index in [2.05, 4.69) is 35.9 Å². The zero-order valence-electron chi connectivity index (χ0n) is 18.0. The van der Waals surface area contributed by atoms with Crippen molar-refractivity contribution in [1.82, 2.24) is 9.97 Å². The van der Waals surface area contributed by atoms with Gasteiger partial charge in [0.05, 0.1) is 4.90 Å². The molecule has 0 bridgehead atoms. The molecule has 32 heavy (non-hydrogen) atoms. The zero-order valence-corrected chi connectivity index (χ0v) is 20.4. The molecule has 3 rings (SSSR count). The number of anilines is 2. The van der Waals surface area contributed by atoms with Crippen molar-refractivity contribution >= 4 is 43.5 Å². The van der Waals surface area contributed by atoms with Gasteiger partial charge in [-0.1, -0.05) is 15.9 Å². The number of hydrogen-bond donors (Lipinski definition) is 2. The van der Waals surface area contributed by atoms with Gasteiger partial charge in [0.25, 0.3) is 15.9 Å². The number of benzene rings is 2. The molecule has 0 aliphatic rings. The number of ether oxygens (including phenoxy) is 1. The van der Waals surface area contributed by atoms with E-state index in [9.17, 15) is 13.2 Å². The molecule has 1 aromatic heterocycles. The normalized spacial score (nSPS) is 11.7. The van der Waals surface area contributed by atoms with Gasteiger partial charge in [0, 0.05) is 21.5 Å². The van der Waals surface area contributed by atoms with Gasteiger partial charge in [-0.2, -0.15) is 0 Å². The highest BCUT2D eigenvalue weighted by Crippen LogP contribution is 2.23. The van der Waals surface area contributed by atoms with Crippen LogP contribution in [0.2, 0.25) is 0 Å². The minimum absolute atomic E-state index is 0.00622. The number of nitrogens with one attached hydrogen (secondary N) is 2. The van der Waals surface area contributed by atoms with Crippen LogP contribution in [0, 0.1) is 13.8 Å². The number of carbonyl (C=O) groups excluding carboxylic acids is 1. The number of aromatic nitrogens is 2. The lowest BCUT2D eigenvalue weighted by atomic mass is 10.1. The van der Waals surface area contributed by atoms with Gasteiger partial charge in [0.2, 0.25) is 5.95 Å². The van der Waals surface area contributed by atoms with Crippen molar-refractivity contribution in [3.8, 4) is 5.75 Å². The number of nitrogens with zero attached hydrogens (tertiary/aromatic N) is 2. The number of halogens is 1. The summed E-state index contributed by atoms with van der Waals surface area (Å²) in [6.07, 6.45) is 0. The van der Waals surface area contributed by atoms with Crippen LogP contribution < -0.4 is 14.8 Å². The molecule has 0 atom stereocenters. The van der Waals surface area contributed by atoms with Gasteiger partial charge >= 0.3 is 0 Å². The molecular formula is C22H23BrN4O4S. The van der Waals surface area contributed by atoms with Crippen molar-refractivity contribution in [1.29, 1.82) is 0 Å². The van der Waals surface area contributed by atoms with Crippen molar-refractivity contribution in [3.05, 3.63) is 70.5 Å². The molecule has 0 saturated heterocycles. The average Bonchev–Trinajstić information content (AvgIpc) is 2.69. The topological polar surface area (TPSA) is 110 Å². The second kappa shape index (κ2) is 9.25. The average molecular weight is 519 g/mol. The van der Waals surface area contributed by atoms with E-state index in [1.165, 1.54) is 24.3 Å². The molecule has 1 amide bonds. The van der Waals surface area contributed by atoms with E-state index >= 15 is 0 Å². The predicted octanol–water partition coefficient (Wildman–Crippen LogP) is 4.45. The van der Waals surface area contributed by atoms with Gasteiger partial charge in [0.15, 0.2) is 5.60 Å². The van der Waals surface area contributed by atoms with Crippen LogP contribution in [0.4, 0.5) is 11.6 Å². The summed E-state index contributed by atoms with van der Waals surface area (Å²) in [5.74, 6) is 0.180. The number of aryl methyl sites for hydroxylation is 2. The van der Waals surface area contributed by atoms with E-state index in [1.54, 1.807) is 45.9 Å². The Hall–Kier alpha value is -2.98. The van der Waals surface area contributed by atoms with Crippen LogP contribution in [0.3, 0.4) is 0 Å². The third-order valence-electron chi connectivity index (χ3n) is 4.36. The Morgan fingerprint density at radius 2 is 1.53 bits per heavy atom. The Morgan fingerprint density at radius 3 is 2.09 bits per heavy atom. The summed E-state index contributed by atoms with van der Waals surface area (Å²) in [4.78, 5) is 20.9. The minimum Gasteiger partial charge on any atom is -0.478 e. The fourth-order valence-corrected chi connectivity index (χ4v) is 4.00. The van der Waals surface area contributed by atoms with Crippen molar-refractivity contribution in [2.24, 2.45) is 0 Å². The lowest BCUT2D eigenvalue weighted by Crippen LogP contribution is -2.42. The quantitative estimate of drug-likeness (QED) is 0.477. The number of rotatable bonds is 7. The van der Waals surface area contributed by atoms with Crippen molar-refractivity contribution in [2.75, 3.05) is 10.0 Å². The monoisotopic (exact) mass is 518 g/mol. The first-order valence-electron chi connectivity index (χ1n) is 9.66. The van der Waals surface area contributed by atoms with Crippen LogP contribution in [0.15, 0.2) is 64.0 Å². The number of hydrogen-bond acceptors (Lipinski definition) is 6. The number of sulfonamides is 1. The lowest BCUT2D eigenvalue weighted by molar-refractivity contribution is -0.128. The van der Waals surface area contributed by atoms with Crippen LogP contribution >= 0.6 is 15.9 Å². The van der Waals surface area contributed by atoms with Crippen LogP contribution in [-0.2, 0) is 14.8 Å². The summed E-state index contributed by atoms with van der Waals surface area (Å²) in [7, 11) is -3.88. The van der Waals surface area contributed by atoms with Crippen LogP contribution in [-0.4, -0.2) is 29.9 Å². The summed E-state index contributed by atoms with van der Waals surface area (Å²) in [6.45, 7) is 6.81. The molecule has 8 nitrogen and oxygen atoms in total. The van der Waals surface area contributed by atoms with Crippen LogP contribution in [0.25, 0.3) is 0 Å². The smallest absolute Gasteiger partial charge is 0.267 e. The van der Waals surface area contributed by atoms with Gasteiger partial charge < -0.3 is 10.1 Å². The molecule has 3 aromatic rings. The SMILES string of the molecule is Cc1cc(C)nc(NS(=O)(=O)c2ccc(NC(=O)C(C)(C)Oc3ccc(Br)cc3)cc2)n1. The molecule has 0 unspecified atom stereocenters. The highest BCUT2D eigenvalue weighted by atomic mass is 79.9. The van der Waals surface area contributed by atoms with Crippen LogP contribution in [0.1, 0.15) is 25.2 Å². The largest absolute Gasteiger partial charge is 0.478 e. The molecule has 10 heteroatoms. The van der Waals surface area contributed by atoms with E-state index in [1.807, 2.05) is 12.1 Å². The van der Waals surface area contributed by atoms with Crippen molar-refractivity contribution in [2.45, 2.75) is 38.2 Å². The highest BCUT2D eigenvalue weighted by Gasteiger charge is 2.30. The van der Waals surface area contributed by atoms with E-state index in [0.717, 1.165) is 4.47 Å². The zero-order chi connectivity index (χ0) is 23.5. The molecule has 0 aliphatic carbocycles. The van der Waals surface area contributed by atoms with Gasteiger partial charge in [-0.15, -0.1) is 0 Å². The van der Waals surface area contributed by atoms with Crippen molar-refractivity contribution < 1.29 is 17.9 Å². The Labute approximate surface area is 195 Å². The molecule has 0 aliphatic heterocycles. The van der Waals surface area contributed by atoms with Gasteiger partial charge in [-0.25, -0.2) is 23.1 Å². The van der Waals surface area contributed by atoms with Gasteiger partial charge in [-0.05, 0) is 82.3 Å². The summed E-state index contributed by atoms with van der Waals surface area (Å²) >= 11 is 3.35. The highest BCUT2D eigenvalue weighted by molar-refractivity contribution is 9.10. The summed E-state index contributed by atoms with van der Waals surface area (Å²) in [5, 5.41) is 2.74. The van der Waals surface area contributed by atoms with E-state index in [0.29, 0.717) is 22.8 Å². The molecule has 0 saturated carbocycles. The Bertz CT molecular complexity index is 1210. The lowest BCUT2D eigenvalue weighted by Gasteiger charge is -2.25. The maximum atomic E-state index is 12.7. The number of amides is 1. The third-order valence-corrected chi connectivity index (χ3v) is 6.24. The molecule has 168 valence electrons. The maximum Gasteiger partial charge on any atom is 0.267 e. The Morgan fingerprint density at radius 1 is 0.969 bits per heavy atom. The second-order valence-corrected chi connectivity index (χ2v) is 10.2. The van der Waals surface area contributed by atoms with Crippen LogP contribution in [0.5, 0.6) is 5.75 Å². The summed E-state index contributed by atoms with van der Waals surface area (Å²) in [5.41, 5.74) is 0.590. The standard InChI is InChI=1S/C22H23BrN4O4S/c1-14-13-15(2)25-21(24-14)27-32(29,30)19-11-7-17(8-12-19)26-20(28)22(3,4)31-18-9-5-16(23)6-10-18/h5-13H,1-4H3,(H,26,28)(H,24,25,27). The molecular weight excluding hydrogens is 496 g/mol. The predicted molar refractivity (Wildman–Crippen MR) is 126 cm³/mol. The second-order valence-electron chi connectivity index (χ2n) is 7.62. The number of carbonyl (C=O) groups is 1. The van der Waals surface area contributed by atoms with Gasteiger partial charge in [-0.3, -0.25) is 4.79 Å². The summed E-state index contributed by atoms with van der Waals surface area (Å²) < 4.78 is 34.4. The molecule has 2 N–H and O–H groups in total. The fourth-order valence-electron chi connectivity index (χ4n) is 2.79. The van der Waals surface area contributed by atoms with Gasteiger partial charge in [0.1, 0.15) is 5.75 Å². The minimum atomic E-state index is -3.88. The van der Waals surface area contributed by atoms with Crippen molar-refractivity contribution in [3.63, 3.8) is 0 Å². The first-order chi connectivity index (χ1) is 14.9. The molecule has 1 heterocycles. The maximum absolute atomic E-state index is 12.7.